The third-order valence-corrected chi connectivity index (χ3v) is 16.0. The van der Waals surface area contributed by atoms with Crippen molar-refractivity contribution in [3.05, 3.63) is 320 Å². The molecule has 1 aromatic heterocycles. The monoisotopic (exact) mass is 967 g/mol. The molecule has 76 heavy (non-hydrogen) atoms. The van der Waals surface area contributed by atoms with Crippen molar-refractivity contribution in [1.29, 1.82) is 0 Å². The zero-order chi connectivity index (χ0) is 50.2. The first kappa shape index (κ1) is 43.6. The fourth-order valence-electron chi connectivity index (χ4n) is 12.8. The van der Waals surface area contributed by atoms with Crippen molar-refractivity contribution in [2.75, 3.05) is 9.80 Å². The second-order valence-corrected chi connectivity index (χ2v) is 20.0. The van der Waals surface area contributed by atoms with Crippen molar-refractivity contribution < 1.29 is 0 Å². The first-order chi connectivity index (χ1) is 37.7. The molecule has 0 radical (unpaired) electrons. The van der Waals surface area contributed by atoms with E-state index in [1.807, 2.05) is 0 Å². The molecule has 0 amide bonds. The molecular formula is C73H49N3. The lowest BCUT2D eigenvalue weighted by Crippen LogP contribution is -2.36. The number of aromatic nitrogens is 1. The fraction of sp³-hybridized carbons (Fsp3) is 0.0137. The van der Waals surface area contributed by atoms with Crippen LogP contribution in [0.2, 0.25) is 0 Å². The van der Waals surface area contributed by atoms with Crippen LogP contribution in [0.15, 0.2) is 297 Å². The number of fused-ring (bicyclic) bond motifs is 12. The lowest BCUT2D eigenvalue weighted by molar-refractivity contribution is 0.752. The highest BCUT2D eigenvalue weighted by Crippen LogP contribution is 2.65. The van der Waals surface area contributed by atoms with E-state index in [4.69, 9.17) is 0 Å². The number of hydrogen-bond acceptors (Lipinski definition) is 2. The van der Waals surface area contributed by atoms with Gasteiger partial charge in [-0.1, -0.05) is 218 Å². The van der Waals surface area contributed by atoms with E-state index in [-0.39, 0.29) is 0 Å². The zero-order valence-electron chi connectivity index (χ0n) is 41.6. The maximum atomic E-state index is 2.52. The number of anilines is 6. The van der Waals surface area contributed by atoms with Crippen LogP contribution in [-0.4, -0.2) is 4.57 Å². The van der Waals surface area contributed by atoms with Crippen LogP contribution in [0.25, 0.3) is 72.0 Å². The summed E-state index contributed by atoms with van der Waals surface area (Å²) < 4.78 is 2.38. The summed E-state index contributed by atoms with van der Waals surface area (Å²) in [6.07, 6.45) is 0. The molecule has 0 N–H and O–H groups in total. The second-order valence-electron chi connectivity index (χ2n) is 20.0. The normalized spacial score (nSPS) is 12.8. The Bertz CT molecular complexity index is 4280. The molecule has 0 unspecified atom stereocenters. The Morgan fingerprint density at radius 3 is 1.50 bits per heavy atom. The highest BCUT2D eigenvalue weighted by Gasteiger charge is 2.52. The first-order valence-electron chi connectivity index (χ1n) is 26.3. The molecule has 15 rings (SSSR count). The van der Waals surface area contributed by atoms with Gasteiger partial charge in [-0.15, -0.1) is 0 Å². The third-order valence-electron chi connectivity index (χ3n) is 16.0. The van der Waals surface area contributed by atoms with E-state index in [2.05, 4.69) is 312 Å². The summed E-state index contributed by atoms with van der Waals surface area (Å²) in [6.45, 7) is 0. The minimum atomic E-state index is -0.606. The summed E-state index contributed by atoms with van der Waals surface area (Å²) in [5, 5.41) is 2.48. The van der Waals surface area contributed by atoms with Crippen LogP contribution < -0.4 is 9.80 Å². The Hall–Kier alpha value is -9.96. The smallest absolute Gasteiger partial charge is 0.0755 e. The van der Waals surface area contributed by atoms with Gasteiger partial charge >= 0.3 is 0 Å². The van der Waals surface area contributed by atoms with Crippen LogP contribution in [0, 0.1) is 0 Å². The quantitative estimate of drug-likeness (QED) is 0.150. The van der Waals surface area contributed by atoms with E-state index < -0.39 is 5.41 Å². The average molecular weight is 968 g/mol. The summed E-state index contributed by atoms with van der Waals surface area (Å²) >= 11 is 0. The third kappa shape index (κ3) is 6.62. The van der Waals surface area contributed by atoms with Crippen molar-refractivity contribution in [3.63, 3.8) is 0 Å². The SMILES string of the molecule is c1ccc(-c2ccc(-c3ccccc3N(c3ccc(-c4ccc5c(c4)c4ccccc4n5-c4ccccc4)cc3)c3cccc4c3-c3ccccc3C43c4ccccc4N(c4ccccc4)c4ccccc43)cc2)cc1. The van der Waals surface area contributed by atoms with Gasteiger partial charge in [0.05, 0.1) is 39.2 Å². The minimum Gasteiger partial charge on any atom is -0.310 e. The summed E-state index contributed by atoms with van der Waals surface area (Å²) in [5.41, 5.74) is 24.3. The Morgan fingerprint density at radius 1 is 0.289 bits per heavy atom. The summed E-state index contributed by atoms with van der Waals surface area (Å²) in [7, 11) is 0. The molecule has 3 nitrogen and oxygen atoms in total. The molecule has 13 aromatic rings. The number of rotatable bonds is 8. The van der Waals surface area contributed by atoms with Crippen LogP contribution in [-0.2, 0) is 5.41 Å². The molecule has 0 fully saturated rings. The van der Waals surface area contributed by atoms with Crippen molar-refractivity contribution in [2.24, 2.45) is 0 Å². The Kier molecular flexibility index (Phi) is 10.1. The largest absolute Gasteiger partial charge is 0.310 e. The van der Waals surface area contributed by atoms with E-state index in [1.54, 1.807) is 0 Å². The van der Waals surface area contributed by atoms with Crippen molar-refractivity contribution in [1.82, 2.24) is 4.57 Å². The maximum Gasteiger partial charge on any atom is 0.0755 e. The molecule has 1 spiro atoms. The van der Waals surface area contributed by atoms with E-state index in [1.165, 1.54) is 83.3 Å². The number of hydrogen-bond donors (Lipinski definition) is 0. The van der Waals surface area contributed by atoms with Gasteiger partial charge in [-0.05, 0) is 134 Å². The lowest BCUT2D eigenvalue weighted by atomic mass is 9.64. The average Bonchev–Trinajstić information content (AvgIpc) is 4.19. The molecule has 3 heteroatoms. The zero-order valence-corrected chi connectivity index (χ0v) is 41.6. The molecule has 0 bridgehead atoms. The van der Waals surface area contributed by atoms with Crippen LogP contribution in [0.5, 0.6) is 0 Å². The maximum absolute atomic E-state index is 2.52. The van der Waals surface area contributed by atoms with Crippen LogP contribution in [0.3, 0.4) is 0 Å². The van der Waals surface area contributed by atoms with Gasteiger partial charge in [0.1, 0.15) is 0 Å². The van der Waals surface area contributed by atoms with Gasteiger partial charge in [-0.25, -0.2) is 0 Å². The standard InChI is InChI=1S/C73H49N3/c1-4-21-50(22-5-1)51-39-41-53(42-40-51)58-27-11-16-34-66(58)75(57-46-43-52(44-47-57)54-45-48-68-61(49-54)59-28-12-17-35-67(59)74(68)55-23-6-2-7-24-55)71-38-20-33-65-72(71)60-29-10-13-30-62(60)73(65)63-31-14-18-36-69(63)76(56-25-8-3-9-26-56)70-37-19-15-32-64(70)73/h1-49H. The highest BCUT2D eigenvalue weighted by molar-refractivity contribution is 6.11. The van der Waals surface area contributed by atoms with E-state index in [9.17, 15) is 0 Å². The minimum absolute atomic E-state index is 0.606. The predicted molar refractivity (Wildman–Crippen MR) is 317 cm³/mol. The Balaban J connectivity index is 0.939. The summed E-state index contributed by atoms with van der Waals surface area (Å²) in [4.78, 5) is 4.97. The molecule has 356 valence electrons. The molecular weight excluding hydrogens is 919 g/mol. The molecule has 0 atom stereocenters. The summed E-state index contributed by atoms with van der Waals surface area (Å²) in [5.74, 6) is 0. The van der Waals surface area contributed by atoms with Gasteiger partial charge in [-0.2, -0.15) is 0 Å². The molecule has 12 aromatic carbocycles. The van der Waals surface area contributed by atoms with Gasteiger partial charge in [0.15, 0.2) is 0 Å². The van der Waals surface area contributed by atoms with E-state index >= 15 is 0 Å². The van der Waals surface area contributed by atoms with Gasteiger partial charge in [-0.3, -0.25) is 0 Å². The molecule has 1 aliphatic heterocycles. The molecule has 0 saturated heterocycles. The molecule has 0 saturated carbocycles. The summed E-state index contributed by atoms with van der Waals surface area (Å²) in [6, 6.07) is 109. The Labute approximate surface area is 443 Å². The van der Waals surface area contributed by atoms with Gasteiger partial charge < -0.3 is 14.4 Å². The van der Waals surface area contributed by atoms with E-state index in [0.29, 0.717) is 0 Å². The Morgan fingerprint density at radius 2 is 0.776 bits per heavy atom. The first-order valence-corrected chi connectivity index (χ1v) is 26.3. The van der Waals surface area contributed by atoms with Crippen LogP contribution in [0.4, 0.5) is 34.1 Å². The number of benzene rings is 12. The number of para-hydroxylation sites is 6. The van der Waals surface area contributed by atoms with Crippen LogP contribution >= 0.6 is 0 Å². The van der Waals surface area contributed by atoms with Crippen LogP contribution in [0.1, 0.15) is 22.3 Å². The van der Waals surface area contributed by atoms with Crippen molar-refractivity contribution in [3.8, 4) is 50.2 Å². The highest BCUT2D eigenvalue weighted by atomic mass is 15.2. The van der Waals surface area contributed by atoms with Crippen molar-refractivity contribution in [2.45, 2.75) is 5.41 Å². The number of nitrogens with zero attached hydrogens (tertiary/aromatic N) is 3. The molecule has 2 aliphatic rings. The van der Waals surface area contributed by atoms with Crippen molar-refractivity contribution >= 4 is 55.9 Å². The predicted octanol–water partition coefficient (Wildman–Crippen LogP) is 19.4. The fourth-order valence-corrected chi connectivity index (χ4v) is 12.8. The van der Waals surface area contributed by atoms with Gasteiger partial charge in [0.2, 0.25) is 0 Å². The topological polar surface area (TPSA) is 11.4 Å². The van der Waals surface area contributed by atoms with Gasteiger partial charge in [0.25, 0.3) is 0 Å². The lowest BCUT2D eigenvalue weighted by Gasteiger charge is -2.45. The van der Waals surface area contributed by atoms with E-state index in [0.717, 1.165) is 45.1 Å². The molecule has 2 heterocycles. The second kappa shape index (κ2) is 17.6. The van der Waals surface area contributed by atoms with Gasteiger partial charge in [0, 0.05) is 39.0 Å². The molecule has 1 aliphatic carbocycles.